The standard InChI is InChI=1S/C14H12ClN3O3/c15-10-4-2-1-3-9(10)12-13(19)16-6-7-18(12)14(20)11-5-8-21-17-11/h1-5,8,12H,6-7H2,(H,16,19)/t12-/m1/s1. The Morgan fingerprint density at radius 3 is 2.90 bits per heavy atom. The topological polar surface area (TPSA) is 75.4 Å². The second-order valence-corrected chi connectivity index (χ2v) is 5.01. The Labute approximate surface area is 125 Å². The van der Waals surface area contributed by atoms with Crippen LogP contribution < -0.4 is 5.32 Å². The van der Waals surface area contributed by atoms with Crippen molar-refractivity contribution in [2.45, 2.75) is 6.04 Å². The largest absolute Gasteiger partial charge is 0.364 e. The first-order chi connectivity index (χ1) is 10.2. The normalized spacial score (nSPS) is 18.4. The van der Waals surface area contributed by atoms with Crippen LogP contribution in [0.25, 0.3) is 0 Å². The van der Waals surface area contributed by atoms with Gasteiger partial charge in [-0.15, -0.1) is 0 Å². The van der Waals surface area contributed by atoms with E-state index in [2.05, 4.69) is 10.5 Å². The molecule has 1 aromatic heterocycles. The summed E-state index contributed by atoms with van der Waals surface area (Å²) >= 11 is 6.17. The number of hydrogen-bond acceptors (Lipinski definition) is 4. The summed E-state index contributed by atoms with van der Waals surface area (Å²) in [4.78, 5) is 26.2. The van der Waals surface area contributed by atoms with E-state index >= 15 is 0 Å². The van der Waals surface area contributed by atoms with Crippen LogP contribution in [0, 0.1) is 0 Å². The summed E-state index contributed by atoms with van der Waals surface area (Å²) in [5, 5.41) is 6.83. The number of nitrogens with zero attached hydrogens (tertiary/aromatic N) is 2. The van der Waals surface area contributed by atoms with Crippen LogP contribution in [-0.2, 0) is 4.79 Å². The lowest BCUT2D eigenvalue weighted by atomic mass is 10.0. The van der Waals surface area contributed by atoms with Crippen LogP contribution in [-0.4, -0.2) is 35.0 Å². The average Bonchev–Trinajstić information content (AvgIpc) is 3.01. The van der Waals surface area contributed by atoms with Gasteiger partial charge in [0.25, 0.3) is 5.91 Å². The summed E-state index contributed by atoms with van der Waals surface area (Å²) in [5.74, 6) is -0.616. The van der Waals surface area contributed by atoms with Gasteiger partial charge in [-0.1, -0.05) is 35.0 Å². The second-order valence-electron chi connectivity index (χ2n) is 4.60. The molecule has 1 fully saturated rings. The average molecular weight is 306 g/mol. The molecule has 1 saturated heterocycles. The predicted octanol–water partition coefficient (Wildman–Crippen LogP) is 1.64. The van der Waals surface area contributed by atoms with Crippen LogP contribution in [0.1, 0.15) is 22.1 Å². The Balaban J connectivity index is 1.99. The highest BCUT2D eigenvalue weighted by atomic mass is 35.5. The van der Waals surface area contributed by atoms with Gasteiger partial charge in [0.1, 0.15) is 12.3 Å². The van der Waals surface area contributed by atoms with Crippen molar-refractivity contribution in [3.8, 4) is 0 Å². The third kappa shape index (κ3) is 2.50. The van der Waals surface area contributed by atoms with Gasteiger partial charge in [-0.3, -0.25) is 9.59 Å². The molecule has 0 radical (unpaired) electrons. The molecule has 0 unspecified atom stereocenters. The highest BCUT2D eigenvalue weighted by Gasteiger charge is 2.36. The number of hydrogen-bond donors (Lipinski definition) is 1. The SMILES string of the molecule is O=C1NCCN(C(=O)c2ccon2)[C@@H]1c1ccccc1Cl. The van der Waals surface area contributed by atoms with Gasteiger partial charge >= 0.3 is 0 Å². The molecule has 1 aliphatic rings. The van der Waals surface area contributed by atoms with Crippen molar-refractivity contribution >= 4 is 23.4 Å². The van der Waals surface area contributed by atoms with E-state index in [4.69, 9.17) is 16.1 Å². The zero-order valence-corrected chi connectivity index (χ0v) is 11.7. The molecule has 0 bridgehead atoms. The maximum absolute atomic E-state index is 12.5. The lowest BCUT2D eigenvalue weighted by Crippen LogP contribution is -2.52. The van der Waals surface area contributed by atoms with Crippen molar-refractivity contribution in [1.29, 1.82) is 0 Å². The van der Waals surface area contributed by atoms with Crippen LogP contribution >= 0.6 is 11.6 Å². The number of carbonyl (C=O) groups is 2. The van der Waals surface area contributed by atoms with Gasteiger partial charge in [0.2, 0.25) is 5.91 Å². The monoisotopic (exact) mass is 305 g/mol. The number of amides is 2. The Morgan fingerprint density at radius 1 is 1.38 bits per heavy atom. The van der Waals surface area contributed by atoms with Gasteiger partial charge < -0.3 is 14.7 Å². The molecule has 1 N–H and O–H groups in total. The molecule has 0 spiro atoms. The van der Waals surface area contributed by atoms with Crippen molar-refractivity contribution < 1.29 is 14.1 Å². The Bertz CT molecular complexity index is 672. The summed E-state index contributed by atoms with van der Waals surface area (Å²) in [6.45, 7) is 0.775. The molecule has 7 heteroatoms. The van der Waals surface area contributed by atoms with E-state index in [0.29, 0.717) is 23.7 Å². The van der Waals surface area contributed by atoms with Crippen molar-refractivity contribution in [1.82, 2.24) is 15.4 Å². The highest BCUT2D eigenvalue weighted by molar-refractivity contribution is 6.31. The number of benzene rings is 1. The maximum atomic E-state index is 12.5. The van der Waals surface area contributed by atoms with Crippen LogP contribution in [0.2, 0.25) is 5.02 Å². The first kappa shape index (κ1) is 13.6. The molecule has 1 atom stereocenters. The van der Waals surface area contributed by atoms with E-state index in [1.54, 1.807) is 24.3 Å². The molecule has 2 heterocycles. The molecule has 3 rings (SSSR count). The fourth-order valence-corrected chi connectivity index (χ4v) is 2.60. The lowest BCUT2D eigenvalue weighted by molar-refractivity contribution is -0.128. The van der Waals surface area contributed by atoms with E-state index in [1.165, 1.54) is 17.2 Å². The lowest BCUT2D eigenvalue weighted by Gasteiger charge is -2.35. The fourth-order valence-electron chi connectivity index (χ4n) is 2.36. The molecule has 1 aromatic carbocycles. The molecule has 1 aliphatic heterocycles. The minimum atomic E-state index is -0.767. The Hall–Kier alpha value is -2.34. The second kappa shape index (κ2) is 5.57. The number of rotatable bonds is 2. The number of aromatic nitrogens is 1. The molecular formula is C14H12ClN3O3. The van der Waals surface area contributed by atoms with E-state index in [9.17, 15) is 9.59 Å². The molecule has 21 heavy (non-hydrogen) atoms. The van der Waals surface area contributed by atoms with Crippen LogP contribution in [0.3, 0.4) is 0 Å². The molecule has 108 valence electrons. The third-order valence-electron chi connectivity index (χ3n) is 3.33. The van der Waals surface area contributed by atoms with E-state index in [1.807, 2.05) is 0 Å². The summed E-state index contributed by atoms with van der Waals surface area (Å²) in [6.07, 6.45) is 1.32. The summed E-state index contributed by atoms with van der Waals surface area (Å²) < 4.78 is 4.69. The van der Waals surface area contributed by atoms with Gasteiger partial charge in [-0.2, -0.15) is 0 Å². The smallest absolute Gasteiger partial charge is 0.277 e. The predicted molar refractivity (Wildman–Crippen MR) is 74.7 cm³/mol. The van der Waals surface area contributed by atoms with Crippen LogP contribution in [0.15, 0.2) is 41.1 Å². The van der Waals surface area contributed by atoms with Gasteiger partial charge in [0.15, 0.2) is 5.69 Å². The van der Waals surface area contributed by atoms with E-state index in [0.717, 1.165) is 0 Å². The van der Waals surface area contributed by atoms with Crippen molar-refractivity contribution in [2.24, 2.45) is 0 Å². The van der Waals surface area contributed by atoms with Gasteiger partial charge in [0, 0.05) is 29.7 Å². The van der Waals surface area contributed by atoms with Gasteiger partial charge in [-0.05, 0) is 6.07 Å². The van der Waals surface area contributed by atoms with Gasteiger partial charge in [-0.25, -0.2) is 0 Å². The zero-order valence-electron chi connectivity index (χ0n) is 11.0. The molecular weight excluding hydrogens is 294 g/mol. The summed E-state index contributed by atoms with van der Waals surface area (Å²) in [7, 11) is 0. The first-order valence-electron chi connectivity index (χ1n) is 6.42. The first-order valence-corrected chi connectivity index (χ1v) is 6.80. The number of halogens is 1. The minimum Gasteiger partial charge on any atom is -0.364 e. The number of carbonyl (C=O) groups excluding carboxylic acids is 2. The molecule has 0 aliphatic carbocycles. The van der Waals surface area contributed by atoms with Gasteiger partial charge in [0.05, 0.1) is 0 Å². The molecule has 6 nitrogen and oxygen atoms in total. The van der Waals surface area contributed by atoms with E-state index in [-0.39, 0.29) is 17.5 Å². The molecule has 2 aromatic rings. The van der Waals surface area contributed by atoms with Crippen LogP contribution in [0.5, 0.6) is 0 Å². The van der Waals surface area contributed by atoms with Crippen molar-refractivity contribution in [2.75, 3.05) is 13.1 Å². The van der Waals surface area contributed by atoms with Crippen molar-refractivity contribution in [3.63, 3.8) is 0 Å². The summed E-state index contributed by atoms with van der Waals surface area (Å²) in [5.41, 5.74) is 0.759. The highest BCUT2D eigenvalue weighted by Crippen LogP contribution is 2.30. The summed E-state index contributed by atoms with van der Waals surface area (Å²) in [6, 6.07) is 7.69. The van der Waals surface area contributed by atoms with Crippen LogP contribution in [0.4, 0.5) is 0 Å². The van der Waals surface area contributed by atoms with Crippen molar-refractivity contribution in [3.05, 3.63) is 52.9 Å². The quantitative estimate of drug-likeness (QED) is 0.915. The fraction of sp³-hybridized carbons (Fsp3) is 0.214. The minimum absolute atomic E-state index is 0.168. The number of nitrogens with one attached hydrogen (secondary N) is 1. The molecule has 2 amide bonds. The Morgan fingerprint density at radius 2 is 2.19 bits per heavy atom. The molecule has 0 saturated carbocycles. The number of piperazine rings is 1. The maximum Gasteiger partial charge on any atom is 0.277 e. The zero-order chi connectivity index (χ0) is 14.8. The Kier molecular flexibility index (Phi) is 3.62. The third-order valence-corrected chi connectivity index (χ3v) is 3.67. The van der Waals surface area contributed by atoms with E-state index < -0.39 is 6.04 Å².